The number of hydrogen-bond donors (Lipinski definition) is 1. The molecule has 1 N–H and O–H groups in total. The molecule has 3 nitrogen and oxygen atoms in total. The van der Waals surface area contributed by atoms with Crippen molar-refractivity contribution in [3.05, 3.63) is 35.9 Å². The Morgan fingerprint density at radius 3 is 2.90 bits per heavy atom. The van der Waals surface area contributed by atoms with Gasteiger partial charge in [0.15, 0.2) is 0 Å². The van der Waals surface area contributed by atoms with Gasteiger partial charge < -0.3 is 10.2 Å². The molecule has 0 saturated carbocycles. The molecule has 21 heavy (non-hydrogen) atoms. The Morgan fingerprint density at radius 2 is 2.14 bits per heavy atom. The normalized spacial score (nSPS) is 18.9. The number of para-hydroxylation sites is 1. The standard InChI is InChI=1S/C18H25N3/c1-3-21(13-16-9-6-7-11-19-16)18-14(2)12-15-8-4-5-10-17(15)20-18/h4-5,8,10,12,16,19H,3,6-7,9,11,13H2,1-2H3. The van der Waals surface area contributed by atoms with Crippen LogP contribution in [0.15, 0.2) is 30.3 Å². The van der Waals surface area contributed by atoms with Crippen LogP contribution in [0.1, 0.15) is 31.7 Å². The van der Waals surface area contributed by atoms with Gasteiger partial charge in [-0.3, -0.25) is 0 Å². The maximum atomic E-state index is 4.91. The summed E-state index contributed by atoms with van der Waals surface area (Å²) in [5, 5.41) is 4.87. The van der Waals surface area contributed by atoms with Crippen LogP contribution in [0, 0.1) is 6.92 Å². The smallest absolute Gasteiger partial charge is 0.132 e. The molecular weight excluding hydrogens is 258 g/mol. The van der Waals surface area contributed by atoms with E-state index in [1.807, 2.05) is 0 Å². The fraction of sp³-hybridized carbons (Fsp3) is 0.500. The zero-order chi connectivity index (χ0) is 14.7. The van der Waals surface area contributed by atoms with Crippen molar-refractivity contribution in [1.82, 2.24) is 10.3 Å². The molecule has 0 amide bonds. The molecule has 1 aromatic carbocycles. The van der Waals surface area contributed by atoms with Crippen LogP contribution in [-0.2, 0) is 0 Å². The number of pyridine rings is 1. The summed E-state index contributed by atoms with van der Waals surface area (Å²) in [7, 11) is 0. The second kappa shape index (κ2) is 6.44. The molecule has 112 valence electrons. The van der Waals surface area contributed by atoms with Crippen LogP contribution in [-0.4, -0.2) is 30.7 Å². The first-order valence-corrected chi connectivity index (χ1v) is 8.12. The third-order valence-electron chi connectivity index (χ3n) is 4.42. The van der Waals surface area contributed by atoms with Gasteiger partial charge in [-0.25, -0.2) is 4.98 Å². The van der Waals surface area contributed by atoms with E-state index in [0.29, 0.717) is 6.04 Å². The number of piperidine rings is 1. The fourth-order valence-electron chi connectivity index (χ4n) is 3.24. The molecule has 1 aliphatic rings. The molecular formula is C18H25N3. The van der Waals surface area contributed by atoms with Crippen LogP contribution in [0.3, 0.4) is 0 Å². The number of nitrogens with zero attached hydrogens (tertiary/aromatic N) is 2. The number of benzene rings is 1. The van der Waals surface area contributed by atoms with E-state index in [1.54, 1.807) is 0 Å². The molecule has 2 heterocycles. The minimum Gasteiger partial charge on any atom is -0.355 e. The quantitative estimate of drug-likeness (QED) is 0.930. The highest BCUT2D eigenvalue weighted by Crippen LogP contribution is 2.23. The monoisotopic (exact) mass is 283 g/mol. The summed E-state index contributed by atoms with van der Waals surface area (Å²) in [5.41, 5.74) is 2.36. The lowest BCUT2D eigenvalue weighted by atomic mass is 10.0. The number of aromatic nitrogens is 1. The topological polar surface area (TPSA) is 28.2 Å². The van der Waals surface area contributed by atoms with Gasteiger partial charge in [-0.05, 0) is 50.9 Å². The Kier molecular flexibility index (Phi) is 4.39. The molecule has 0 radical (unpaired) electrons. The second-order valence-electron chi connectivity index (χ2n) is 6.01. The van der Waals surface area contributed by atoms with Crippen LogP contribution in [0.25, 0.3) is 10.9 Å². The molecule has 1 saturated heterocycles. The largest absolute Gasteiger partial charge is 0.355 e. The van der Waals surface area contributed by atoms with Crippen molar-refractivity contribution >= 4 is 16.7 Å². The third kappa shape index (κ3) is 3.18. The first-order chi connectivity index (χ1) is 10.3. The van der Waals surface area contributed by atoms with Crippen LogP contribution < -0.4 is 10.2 Å². The number of fused-ring (bicyclic) bond motifs is 1. The maximum Gasteiger partial charge on any atom is 0.132 e. The molecule has 1 aliphatic heterocycles. The number of nitrogens with one attached hydrogen (secondary N) is 1. The highest BCUT2D eigenvalue weighted by atomic mass is 15.2. The number of likely N-dealkylation sites (N-methyl/N-ethyl adjacent to an activating group) is 1. The average molecular weight is 283 g/mol. The van der Waals surface area contributed by atoms with E-state index in [0.717, 1.165) is 31.0 Å². The Bertz CT molecular complexity index is 602. The van der Waals surface area contributed by atoms with Gasteiger partial charge in [0, 0.05) is 24.5 Å². The van der Waals surface area contributed by atoms with Gasteiger partial charge in [0.25, 0.3) is 0 Å². The maximum absolute atomic E-state index is 4.91. The van der Waals surface area contributed by atoms with Crippen LogP contribution in [0.4, 0.5) is 5.82 Å². The third-order valence-corrected chi connectivity index (χ3v) is 4.42. The van der Waals surface area contributed by atoms with E-state index in [-0.39, 0.29) is 0 Å². The Morgan fingerprint density at radius 1 is 1.29 bits per heavy atom. The fourth-order valence-corrected chi connectivity index (χ4v) is 3.24. The zero-order valence-electron chi connectivity index (χ0n) is 13.1. The van der Waals surface area contributed by atoms with E-state index >= 15 is 0 Å². The molecule has 0 bridgehead atoms. The molecule has 3 rings (SSSR count). The van der Waals surface area contributed by atoms with Crippen LogP contribution >= 0.6 is 0 Å². The first-order valence-electron chi connectivity index (χ1n) is 8.12. The van der Waals surface area contributed by atoms with Crippen molar-refractivity contribution in [2.45, 2.75) is 39.2 Å². The van der Waals surface area contributed by atoms with Crippen LogP contribution in [0.5, 0.6) is 0 Å². The predicted molar refractivity (Wildman–Crippen MR) is 90.0 cm³/mol. The highest BCUT2D eigenvalue weighted by molar-refractivity contribution is 5.81. The molecule has 1 atom stereocenters. The van der Waals surface area contributed by atoms with Gasteiger partial charge in [-0.15, -0.1) is 0 Å². The zero-order valence-corrected chi connectivity index (χ0v) is 13.1. The van der Waals surface area contributed by atoms with Gasteiger partial charge in [-0.1, -0.05) is 24.6 Å². The van der Waals surface area contributed by atoms with Gasteiger partial charge in [0.05, 0.1) is 5.52 Å². The Hall–Kier alpha value is -1.61. The van der Waals surface area contributed by atoms with Crippen molar-refractivity contribution in [3.63, 3.8) is 0 Å². The van der Waals surface area contributed by atoms with Gasteiger partial charge in [-0.2, -0.15) is 0 Å². The average Bonchev–Trinajstić information content (AvgIpc) is 2.53. The molecule has 1 unspecified atom stereocenters. The SMILES string of the molecule is CCN(CC1CCCCN1)c1nc2ccccc2cc1C. The predicted octanol–water partition coefficient (Wildman–Crippen LogP) is 3.51. The lowest BCUT2D eigenvalue weighted by Crippen LogP contribution is -2.44. The number of rotatable bonds is 4. The van der Waals surface area contributed by atoms with Gasteiger partial charge in [0.1, 0.15) is 5.82 Å². The van der Waals surface area contributed by atoms with Crippen molar-refractivity contribution in [2.24, 2.45) is 0 Å². The summed E-state index contributed by atoms with van der Waals surface area (Å²) in [6, 6.07) is 11.2. The minimum atomic E-state index is 0.603. The summed E-state index contributed by atoms with van der Waals surface area (Å²) < 4.78 is 0. The van der Waals surface area contributed by atoms with Crippen molar-refractivity contribution in [3.8, 4) is 0 Å². The summed E-state index contributed by atoms with van der Waals surface area (Å²) in [6.07, 6.45) is 3.94. The molecule has 1 aromatic heterocycles. The molecule has 1 fully saturated rings. The first kappa shape index (κ1) is 14.3. The highest BCUT2D eigenvalue weighted by Gasteiger charge is 2.18. The molecule has 0 spiro atoms. The summed E-state index contributed by atoms with van der Waals surface area (Å²) in [6.45, 7) is 7.62. The van der Waals surface area contributed by atoms with Gasteiger partial charge >= 0.3 is 0 Å². The Labute approximate surface area is 127 Å². The summed E-state index contributed by atoms with van der Waals surface area (Å²) >= 11 is 0. The summed E-state index contributed by atoms with van der Waals surface area (Å²) in [5.74, 6) is 1.14. The van der Waals surface area contributed by atoms with E-state index in [1.165, 1.54) is 30.2 Å². The lowest BCUT2D eigenvalue weighted by Gasteiger charge is -2.31. The lowest BCUT2D eigenvalue weighted by molar-refractivity contribution is 0.399. The van der Waals surface area contributed by atoms with E-state index in [9.17, 15) is 0 Å². The van der Waals surface area contributed by atoms with Crippen molar-refractivity contribution in [1.29, 1.82) is 0 Å². The minimum absolute atomic E-state index is 0.603. The van der Waals surface area contributed by atoms with E-state index in [4.69, 9.17) is 4.98 Å². The van der Waals surface area contributed by atoms with E-state index < -0.39 is 0 Å². The summed E-state index contributed by atoms with van der Waals surface area (Å²) in [4.78, 5) is 7.33. The van der Waals surface area contributed by atoms with Gasteiger partial charge in [0.2, 0.25) is 0 Å². The molecule has 0 aliphatic carbocycles. The van der Waals surface area contributed by atoms with Crippen molar-refractivity contribution < 1.29 is 0 Å². The number of aryl methyl sites for hydroxylation is 1. The van der Waals surface area contributed by atoms with E-state index in [2.05, 4.69) is 54.4 Å². The van der Waals surface area contributed by atoms with Crippen LogP contribution in [0.2, 0.25) is 0 Å². The number of anilines is 1. The Balaban J connectivity index is 1.86. The second-order valence-corrected chi connectivity index (χ2v) is 6.01. The number of hydrogen-bond acceptors (Lipinski definition) is 3. The molecule has 3 heteroatoms. The van der Waals surface area contributed by atoms with Crippen molar-refractivity contribution in [2.75, 3.05) is 24.5 Å². The molecule has 2 aromatic rings.